The van der Waals surface area contributed by atoms with Gasteiger partial charge in [-0.1, -0.05) is 78.6 Å². The zero-order chi connectivity index (χ0) is 65.6. The molecule has 0 amide bonds. The van der Waals surface area contributed by atoms with Crippen molar-refractivity contribution in [3.05, 3.63) is 143 Å². The van der Waals surface area contributed by atoms with Crippen molar-refractivity contribution in [2.24, 2.45) is 17.6 Å². The number of carbonyl (C=O) groups is 3. The van der Waals surface area contributed by atoms with Crippen LogP contribution in [0, 0.1) is 11.8 Å². The lowest BCUT2D eigenvalue weighted by Gasteiger charge is -2.30. The maximum absolute atomic E-state index is 12.5. The molecule has 0 radical (unpaired) electrons. The fourth-order valence-electron chi connectivity index (χ4n) is 12.1. The maximum atomic E-state index is 12.5. The van der Waals surface area contributed by atoms with E-state index in [1.165, 1.54) is 0 Å². The van der Waals surface area contributed by atoms with E-state index < -0.39 is 5.24 Å². The molecule has 94 heavy (non-hydrogen) atoms. The molecule has 9 aromatic rings. The largest absolute Gasteiger partial charge is 0.379 e. The summed E-state index contributed by atoms with van der Waals surface area (Å²) in [6, 6.07) is 36.6. The summed E-state index contributed by atoms with van der Waals surface area (Å²) in [5.41, 5.74) is 14.1. The van der Waals surface area contributed by atoms with Crippen molar-refractivity contribution in [2.45, 2.75) is 121 Å². The summed E-state index contributed by atoms with van der Waals surface area (Å²) in [7, 11) is 0. The molecule has 26 heteroatoms. The molecule has 7 heterocycles. The summed E-state index contributed by atoms with van der Waals surface area (Å²) in [6.07, 6.45) is 19.5. The summed E-state index contributed by atoms with van der Waals surface area (Å²) < 4.78 is 10.9. The van der Waals surface area contributed by atoms with Gasteiger partial charge < -0.3 is 26.4 Å². The first kappa shape index (κ1) is 73.9. The predicted octanol–water partition coefficient (Wildman–Crippen LogP) is 16.3. The van der Waals surface area contributed by atoms with Gasteiger partial charge in [-0.25, -0.2) is 28.5 Å². The molecule has 1 saturated heterocycles. The molecule has 4 aliphatic rings. The number of fused-ring (bicyclic) bond motifs is 3. The second kappa shape index (κ2) is 37.6. The van der Waals surface area contributed by atoms with Gasteiger partial charge in [0.15, 0.2) is 16.9 Å². The van der Waals surface area contributed by atoms with Gasteiger partial charge in [0.1, 0.15) is 29.0 Å². The van der Waals surface area contributed by atoms with Crippen LogP contribution in [0.2, 0.25) is 15.1 Å². The molecule has 3 saturated carbocycles. The van der Waals surface area contributed by atoms with Crippen LogP contribution in [0.25, 0.3) is 50.7 Å². The first-order chi connectivity index (χ1) is 45.1. The number of imidazole rings is 3. The zero-order valence-corrected chi connectivity index (χ0v) is 57.4. The SMILES string of the molecule is C.ClCCl.NC1CCC(Nc2ccc3ncc(-c4cccc(Cl)c4)n3n2)CC1.O=C(CC1CCC(Nc2ccc3ncc(-c4cccc(Cl)c4)n3n2)CC1)CN1CCOCC1.O=C(CCl)CC1CCC(Nc2ccc3ncc(-c4cccc(Cl)c4)n3n2)CC1.O=C(Cl)CCl. The lowest BCUT2D eigenvalue weighted by molar-refractivity contribution is -0.122. The van der Waals surface area contributed by atoms with E-state index in [-0.39, 0.29) is 30.3 Å². The maximum Gasteiger partial charge on any atom is 0.236 e. The number of anilines is 3. The molecule has 502 valence electrons. The topological polar surface area (TPSA) is 216 Å². The number of alkyl halides is 4. The molecule has 13 rings (SSSR count). The number of nitrogens with two attached hydrogens (primary N) is 1. The highest BCUT2D eigenvalue weighted by Gasteiger charge is 2.27. The molecular formula is C68H80Cl8N14O4. The highest BCUT2D eigenvalue weighted by Crippen LogP contribution is 2.33. The van der Waals surface area contributed by atoms with Gasteiger partial charge in [0, 0.05) is 81.9 Å². The Balaban J connectivity index is 0.000000172. The van der Waals surface area contributed by atoms with Gasteiger partial charge in [-0.3, -0.25) is 19.3 Å². The Labute approximate surface area is 589 Å². The van der Waals surface area contributed by atoms with E-state index in [0.29, 0.717) is 76.2 Å². The van der Waals surface area contributed by atoms with E-state index in [1.54, 1.807) is 0 Å². The number of Topliss-reactive ketones (excluding diaryl/α,β-unsaturated/α-hetero) is 2. The van der Waals surface area contributed by atoms with E-state index in [9.17, 15) is 14.4 Å². The minimum absolute atomic E-state index is 0. The van der Waals surface area contributed by atoms with E-state index >= 15 is 0 Å². The molecule has 3 aliphatic carbocycles. The van der Waals surface area contributed by atoms with Gasteiger partial charge >= 0.3 is 0 Å². The number of nitrogens with one attached hydrogen (secondary N) is 3. The van der Waals surface area contributed by atoms with Crippen LogP contribution in [0.5, 0.6) is 0 Å². The van der Waals surface area contributed by atoms with Crippen molar-refractivity contribution in [1.29, 1.82) is 0 Å². The molecule has 18 nitrogen and oxygen atoms in total. The molecule has 6 aromatic heterocycles. The standard InChI is InChI=1S/C25H30ClN5O2.C21H22Cl2N4O.C18H20ClN5.C2H2Cl2O.CH2Cl2.CH4/c26-20-3-1-2-19(15-20)23-16-27-25-9-8-24(29-31(23)25)28-21-6-4-18(5-7-21)14-22(32)17-30-10-12-33-13-11-30;22-12-18(28)10-14-4-6-17(7-5-14)25-20-8-9-21-24-13-19(27(21)26-20)15-2-1-3-16(23)11-15;19-13-3-1-2-12(10-13)16-11-21-18-9-8-17(23-24(16)18)22-15-6-4-14(20)5-7-15;3-1-2(4)5;2-1-3;/h1-3,8-9,15-16,18,21H,4-7,10-14,17H2,(H,28,29);1-3,8-9,11,13-14,17H,4-7,10,12H2,(H,25,26);1-3,8-11,14-15H,4-7,20H2,(H,22,23);1H2;1H2;1H4. The minimum Gasteiger partial charge on any atom is -0.379 e. The average Bonchev–Trinajstić information content (AvgIpc) is 1.66. The van der Waals surface area contributed by atoms with Gasteiger partial charge in [-0.15, -0.1) is 61.7 Å². The number of rotatable bonds is 17. The molecule has 0 spiro atoms. The number of nitrogens with zero attached hydrogens (tertiary/aromatic N) is 10. The fraction of sp³-hybridized carbons (Fsp3) is 0.426. The quantitative estimate of drug-likeness (QED) is 0.0493. The van der Waals surface area contributed by atoms with Crippen molar-refractivity contribution < 1.29 is 19.1 Å². The molecular weight excluding hydrogens is 1360 g/mol. The van der Waals surface area contributed by atoms with Crippen LogP contribution in [0.4, 0.5) is 17.5 Å². The molecule has 0 bridgehead atoms. The number of ether oxygens (including phenoxy) is 1. The lowest BCUT2D eigenvalue weighted by atomic mass is 9.83. The molecule has 0 unspecified atom stereocenters. The Hall–Kier alpha value is -5.87. The Morgan fingerprint density at radius 1 is 0.489 bits per heavy atom. The van der Waals surface area contributed by atoms with Crippen LogP contribution in [0.15, 0.2) is 128 Å². The summed E-state index contributed by atoms with van der Waals surface area (Å²) in [4.78, 5) is 49.1. The van der Waals surface area contributed by atoms with Gasteiger partial charge in [0.2, 0.25) is 5.24 Å². The summed E-state index contributed by atoms with van der Waals surface area (Å²) >= 11 is 43.1. The van der Waals surface area contributed by atoms with Crippen LogP contribution >= 0.6 is 92.8 Å². The summed E-state index contributed by atoms with van der Waals surface area (Å²) in [5, 5.41) is 26.7. The number of halogens is 8. The smallest absolute Gasteiger partial charge is 0.236 e. The first-order valence-corrected chi connectivity index (χ1v) is 34.9. The van der Waals surface area contributed by atoms with Crippen molar-refractivity contribution in [1.82, 2.24) is 48.7 Å². The Morgan fingerprint density at radius 2 is 0.830 bits per heavy atom. The van der Waals surface area contributed by atoms with Gasteiger partial charge in [-0.05, 0) is 173 Å². The van der Waals surface area contributed by atoms with Crippen molar-refractivity contribution in [3.8, 4) is 33.8 Å². The first-order valence-electron chi connectivity index (χ1n) is 31.3. The number of aromatic nitrogens is 9. The number of hydrogen-bond donors (Lipinski definition) is 4. The molecule has 1 aliphatic heterocycles. The van der Waals surface area contributed by atoms with Crippen LogP contribution in [-0.2, 0) is 19.1 Å². The Kier molecular flexibility index (Phi) is 29.6. The number of benzene rings is 3. The summed E-state index contributed by atoms with van der Waals surface area (Å²) in [6.45, 7) is 3.80. The van der Waals surface area contributed by atoms with Crippen LogP contribution < -0.4 is 21.7 Å². The minimum atomic E-state index is -0.508. The number of morpholine rings is 1. The average molecular weight is 1440 g/mol. The molecule has 5 N–H and O–H groups in total. The fourth-order valence-corrected chi connectivity index (χ4v) is 12.7. The second-order valence-corrected chi connectivity index (χ2v) is 26.6. The van der Waals surface area contributed by atoms with Crippen LogP contribution in [0.3, 0.4) is 0 Å². The molecule has 0 atom stereocenters. The lowest BCUT2D eigenvalue weighted by Crippen LogP contribution is -2.40. The van der Waals surface area contributed by atoms with E-state index in [0.717, 1.165) is 172 Å². The van der Waals surface area contributed by atoms with E-state index in [1.807, 2.05) is 141 Å². The van der Waals surface area contributed by atoms with Crippen molar-refractivity contribution >= 4 is 144 Å². The van der Waals surface area contributed by atoms with Gasteiger partial charge in [0.05, 0.1) is 72.5 Å². The second-order valence-electron chi connectivity index (χ2n) is 23.5. The highest BCUT2D eigenvalue weighted by molar-refractivity contribution is 6.67. The van der Waals surface area contributed by atoms with Gasteiger partial charge in [-0.2, -0.15) is 0 Å². The summed E-state index contributed by atoms with van der Waals surface area (Å²) in [5.74, 6) is 4.04. The van der Waals surface area contributed by atoms with E-state index in [4.69, 9.17) is 119 Å². The number of ketones is 2. The predicted molar refractivity (Wildman–Crippen MR) is 385 cm³/mol. The molecule has 3 aromatic carbocycles. The van der Waals surface area contributed by atoms with Crippen molar-refractivity contribution in [2.75, 3.05) is 65.9 Å². The highest BCUT2D eigenvalue weighted by atomic mass is 35.5. The van der Waals surface area contributed by atoms with Crippen LogP contribution in [-0.4, -0.2) is 140 Å². The third-order valence-corrected chi connectivity index (χ3v) is 18.3. The van der Waals surface area contributed by atoms with Crippen LogP contribution in [0.1, 0.15) is 97.3 Å². The normalized spacial score (nSPS) is 19.5. The third kappa shape index (κ3) is 22.1. The van der Waals surface area contributed by atoms with E-state index in [2.05, 4.69) is 35.8 Å². The third-order valence-electron chi connectivity index (χ3n) is 16.8. The Morgan fingerprint density at radius 3 is 1.16 bits per heavy atom. The zero-order valence-electron chi connectivity index (χ0n) is 51.4. The molecule has 4 fully saturated rings. The van der Waals surface area contributed by atoms with Gasteiger partial charge in [0.25, 0.3) is 0 Å². The number of hydrogen-bond acceptors (Lipinski definition) is 15. The van der Waals surface area contributed by atoms with Crippen molar-refractivity contribution in [3.63, 3.8) is 0 Å². The number of carbonyl (C=O) groups excluding carboxylic acids is 3. The Bertz CT molecular complexity index is 3860. The monoisotopic (exact) mass is 1440 g/mol.